The van der Waals surface area contributed by atoms with Gasteiger partial charge in [0.05, 0.1) is 29.1 Å². The van der Waals surface area contributed by atoms with Crippen molar-refractivity contribution in [2.24, 2.45) is 5.92 Å². The molecule has 0 aromatic carbocycles. The van der Waals surface area contributed by atoms with Gasteiger partial charge >= 0.3 is 0 Å². The Kier molecular flexibility index (Phi) is 4.71. The van der Waals surface area contributed by atoms with Gasteiger partial charge in [0.1, 0.15) is 0 Å². The topological polar surface area (TPSA) is 68.2 Å². The normalized spacial score (nSPS) is 17.3. The third-order valence-electron chi connectivity index (χ3n) is 3.76. The highest BCUT2D eigenvalue weighted by Gasteiger charge is 2.27. The van der Waals surface area contributed by atoms with Crippen LogP contribution in [0.5, 0.6) is 5.88 Å². The number of carbonyl (C=O) groups excluding carboxylic acids is 1. The molecule has 1 atom stereocenters. The van der Waals surface area contributed by atoms with E-state index in [0.717, 1.165) is 18.7 Å². The Morgan fingerprint density at radius 2 is 2.30 bits per heavy atom. The van der Waals surface area contributed by atoms with Crippen molar-refractivity contribution in [1.29, 1.82) is 0 Å². The number of aryl methyl sites for hydroxylation is 1. The molecule has 0 unspecified atom stereocenters. The molecule has 0 N–H and O–H groups in total. The average molecular weight is 333 g/mol. The van der Waals surface area contributed by atoms with Crippen molar-refractivity contribution in [2.75, 3.05) is 19.7 Å². The van der Waals surface area contributed by atoms with E-state index < -0.39 is 0 Å². The summed E-state index contributed by atoms with van der Waals surface area (Å²) in [5, 5.41) is 8.29. The van der Waals surface area contributed by atoms with Gasteiger partial charge in [0.25, 0.3) is 5.91 Å². The second-order valence-corrected chi connectivity index (χ2v) is 6.05. The van der Waals surface area contributed by atoms with Gasteiger partial charge in [0.2, 0.25) is 5.88 Å². The smallest absolute Gasteiger partial charge is 0.255 e. The number of pyridine rings is 1. The van der Waals surface area contributed by atoms with E-state index in [9.17, 15) is 4.79 Å². The monoisotopic (exact) mass is 332 g/mol. The summed E-state index contributed by atoms with van der Waals surface area (Å²) < 4.78 is 5.67. The van der Waals surface area contributed by atoms with Crippen LogP contribution in [-0.4, -0.2) is 45.7 Å². The lowest BCUT2D eigenvalue weighted by Crippen LogP contribution is -2.29. The van der Waals surface area contributed by atoms with E-state index in [-0.39, 0.29) is 5.91 Å². The predicted molar refractivity (Wildman–Crippen MR) is 85.5 cm³/mol. The number of halogens is 1. The van der Waals surface area contributed by atoms with Crippen LogP contribution in [0.1, 0.15) is 22.5 Å². The highest BCUT2D eigenvalue weighted by Crippen LogP contribution is 2.20. The number of nitrogens with zero attached hydrogens (tertiary/aromatic N) is 4. The number of amides is 1. The van der Waals surface area contributed by atoms with Crippen LogP contribution in [0.15, 0.2) is 30.6 Å². The Morgan fingerprint density at radius 3 is 3.04 bits per heavy atom. The number of ether oxygens (including phenoxy) is 1. The van der Waals surface area contributed by atoms with Crippen molar-refractivity contribution >= 4 is 17.5 Å². The fourth-order valence-electron chi connectivity index (χ4n) is 2.58. The van der Waals surface area contributed by atoms with Crippen molar-refractivity contribution < 1.29 is 9.53 Å². The molecule has 3 rings (SSSR count). The van der Waals surface area contributed by atoms with Crippen molar-refractivity contribution in [3.05, 3.63) is 46.9 Å². The average Bonchev–Trinajstić information content (AvgIpc) is 3.02. The van der Waals surface area contributed by atoms with Gasteiger partial charge in [-0.2, -0.15) is 10.2 Å². The first-order valence-electron chi connectivity index (χ1n) is 7.45. The fourth-order valence-corrected chi connectivity index (χ4v) is 2.69. The van der Waals surface area contributed by atoms with Gasteiger partial charge in [-0.05, 0) is 25.5 Å². The molecule has 2 aromatic rings. The SMILES string of the molecule is Cc1cc(C(=O)N2CC[C@@H](COc3ccc(Cl)cn3)C2)cnn1. The summed E-state index contributed by atoms with van der Waals surface area (Å²) >= 11 is 5.79. The molecule has 7 heteroatoms. The number of carbonyl (C=O) groups is 1. The molecule has 1 aliphatic rings. The largest absolute Gasteiger partial charge is 0.477 e. The first-order chi connectivity index (χ1) is 11.1. The van der Waals surface area contributed by atoms with Gasteiger partial charge in [-0.3, -0.25) is 4.79 Å². The van der Waals surface area contributed by atoms with E-state index in [1.54, 1.807) is 24.4 Å². The molecule has 120 valence electrons. The van der Waals surface area contributed by atoms with E-state index in [0.29, 0.717) is 35.5 Å². The first-order valence-corrected chi connectivity index (χ1v) is 7.82. The summed E-state index contributed by atoms with van der Waals surface area (Å²) in [6, 6.07) is 5.25. The molecule has 1 amide bonds. The molecule has 1 aliphatic heterocycles. The van der Waals surface area contributed by atoms with Gasteiger partial charge in [0.15, 0.2) is 0 Å². The third-order valence-corrected chi connectivity index (χ3v) is 3.99. The maximum absolute atomic E-state index is 12.4. The summed E-state index contributed by atoms with van der Waals surface area (Å²) in [4.78, 5) is 18.4. The molecule has 6 nitrogen and oxygen atoms in total. The van der Waals surface area contributed by atoms with E-state index in [1.807, 2.05) is 11.8 Å². The van der Waals surface area contributed by atoms with Crippen molar-refractivity contribution in [3.8, 4) is 5.88 Å². The number of rotatable bonds is 4. The highest BCUT2D eigenvalue weighted by atomic mass is 35.5. The van der Waals surface area contributed by atoms with Gasteiger partial charge in [0, 0.05) is 31.3 Å². The maximum Gasteiger partial charge on any atom is 0.255 e. The second-order valence-electron chi connectivity index (χ2n) is 5.62. The lowest BCUT2D eigenvalue weighted by Gasteiger charge is -2.16. The fraction of sp³-hybridized carbons (Fsp3) is 0.375. The maximum atomic E-state index is 12.4. The molecule has 0 bridgehead atoms. The number of hydrogen-bond donors (Lipinski definition) is 0. The Balaban J connectivity index is 1.54. The molecule has 1 saturated heterocycles. The van der Waals surface area contributed by atoms with Crippen LogP contribution in [-0.2, 0) is 0 Å². The Morgan fingerprint density at radius 1 is 1.43 bits per heavy atom. The summed E-state index contributed by atoms with van der Waals surface area (Å²) in [6.07, 6.45) is 3.98. The van der Waals surface area contributed by atoms with E-state index in [4.69, 9.17) is 16.3 Å². The summed E-state index contributed by atoms with van der Waals surface area (Å²) in [5.41, 5.74) is 1.32. The molecular weight excluding hydrogens is 316 g/mol. The van der Waals surface area contributed by atoms with Crippen molar-refractivity contribution in [3.63, 3.8) is 0 Å². The molecule has 0 aliphatic carbocycles. The van der Waals surface area contributed by atoms with Crippen molar-refractivity contribution in [2.45, 2.75) is 13.3 Å². The zero-order valence-corrected chi connectivity index (χ0v) is 13.5. The Labute approximate surface area is 139 Å². The first kappa shape index (κ1) is 15.7. The number of hydrogen-bond acceptors (Lipinski definition) is 5. The zero-order valence-electron chi connectivity index (χ0n) is 12.8. The van der Waals surface area contributed by atoms with E-state index in [2.05, 4.69) is 15.2 Å². The van der Waals surface area contributed by atoms with Crippen LogP contribution < -0.4 is 4.74 Å². The number of aromatic nitrogens is 3. The lowest BCUT2D eigenvalue weighted by molar-refractivity contribution is 0.0782. The highest BCUT2D eigenvalue weighted by molar-refractivity contribution is 6.30. The summed E-state index contributed by atoms with van der Waals surface area (Å²) in [7, 11) is 0. The van der Waals surface area contributed by atoms with Crippen LogP contribution >= 0.6 is 11.6 Å². The van der Waals surface area contributed by atoms with Crippen LogP contribution in [0, 0.1) is 12.8 Å². The Hall–Kier alpha value is -2.21. The minimum absolute atomic E-state index is 0.00452. The van der Waals surface area contributed by atoms with Gasteiger partial charge in [-0.25, -0.2) is 4.98 Å². The number of likely N-dealkylation sites (tertiary alicyclic amines) is 1. The van der Waals surface area contributed by atoms with Crippen LogP contribution in [0.3, 0.4) is 0 Å². The minimum atomic E-state index is -0.00452. The molecule has 0 saturated carbocycles. The summed E-state index contributed by atoms with van der Waals surface area (Å²) in [6.45, 7) is 3.76. The quantitative estimate of drug-likeness (QED) is 0.859. The van der Waals surface area contributed by atoms with Gasteiger partial charge in [-0.1, -0.05) is 11.6 Å². The van der Waals surface area contributed by atoms with Crippen LogP contribution in [0.2, 0.25) is 5.02 Å². The van der Waals surface area contributed by atoms with Crippen LogP contribution in [0.4, 0.5) is 0 Å². The van der Waals surface area contributed by atoms with E-state index >= 15 is 0 Å². The molecule has 0 radical (unpaired) electrons. The lowest BCUT2D eigenvalue weighted by atomic mass is 10.1. The molecule has 23 heavy (non-hydrogen) atoms. The molecule has 3 heterocycles. The summed E-state index contributed by atoms with van der Waals surface area (Å²) in [5.74, 6) is 0.843. The molecular formula is C16H17ClN4O2. The third kappa shape index (κ3) is 3.96. The predicted octanol–water partition coefficient (Wildman–Crippen LogP) is 2.37. The van der Waals surface area contributed by atoms with Crippen molar-refractivity contribution in [1.82, 2.24) is 20.1 Å². The molecule has 1 fully saturated rings. The zero-order chi connectivity index (χ0) is 16.2. The standard InChI is InChI=1S/C16H17ClN4O2/c1-11-6-13(7-19-20-11)16(22)21-5-4-12(9-21)10-23-15-3-2-14(17)8-18-15/h2-3,6-8,12H,4-5,9-10H2,1H3/t12-/m1/s1. The second kappa shape index (κ2) is 6.91. The van der Waals surface area contributed by atoms with Gasteiger partial charge < -0.3 is 9.64 Å². The Bertz CT molecular complexity index is 693. The van der Waals surface area contributed by atoms with E-state index in [1.165, 1.54) is 6.20 Å². The molecule has 0 spiro atoms. The van der Waals surface area contributed by atoms with Gasteiger partial charge in [-0.15, -0.1) is 0 Å². The van der Waals surface area contributed by atoms with Crippen LogP contribution in [0.25, 0.3) is 0 Å². The minimum Gasteiger partial charge on any atom is -0.477 e. The molecule has 2 aromatic heterocycles.